The van der Waals surface area contributed by atoms with Gasteiger partial charge in [-0.2, -0.15) is 0 Å². The molecule has 2 unspecified atom stereocenters. The van der Waals surface area contributed by atoms with Crippen LogP contribution in [0.5, 0.6) is 0 Å². The van der Waals surface area contributed by atoms with E-state index in [-0.39, 0.29) is 0 Å². The Kier molecular flexibility index (Phi) is 3.64. The fraction of sp³-hybridized carbons (Fsp3) is 0.667. The highest BCUT2D eigenvalue weighted by molar-refractivity contribution is 5.67. The molecule has 0 rings (SSSR count). The minimum atomic E-state index is -0.719. The van der Waals surface area contributed by atoms with E-state index in [2.05, 4.69) is 4.74 Å². The third kappa shape index (κ3) is 3.19. The van der Waals surface area contributed by atoms with Crippen LogP contribution in [0.3, 0.4) is 0 Å². The minimum absolute atomic E-state index is 0.426. The Hall–Kier alpha value is -0.900. The first-order valence-corrected chi connectivity index (χ1v) is 2.96. The van der Waals surface area contributed by atoms with Gasteiger partial charge in [0.2, 0.25) is 0 Å². The molecule has 0 spiro atoms. The summed E-state index contributed by atoms with van der Waals surface area (Å²) in [5.41, 5.74) is 5.22. The van der Waals surface area contributed by atoms with Crippen molar-refractivity contribution in [3.05, 3.63) is 0 Å². The summed E-state index contributed by atoms with van der Waals surface area (Å²) >= 11 is 0. The van der Waals surface area contributed by atoms with Crippen molar-refractivity contribution in [3.8, 4) is 0 Å². The summed E-state index contributed by atoms with van der Waals surface area (Å²) in [6.07, 6.45) is 0.0168. The molecule has 2 N–H and O–H groups in total. The molecule has 0 aliphatic heterocycles. The quantitative estimate of drug-likeness (QED) is 0.428. The fourth-order valence-corrected chi connectivity index (χ4v) is 0.451. The molecule has 0 aliphatic carbocycles. The zero-order valence-corrected chi connectivity index (χ0v) is 6.03. The number of carbonyl (C=O) groups excluding carboxylic acids is 2. The number of rotatable bonds is 3. The highest BCUT2D eigenvalue weighted by atomic mass is 16.5. The predicted octanol–water partition coefficient (Wildman–Crippen LogP) is -0.536. The van der Waals surface area contributed by atoms with Crippen LogP contribution in [0.15, 0.2) is 0 Å². The standard InChI is InChI=1S/C6H11NO3/c1-4(6(7)3-8)10-5(2)9/h3-4,6H,7H2,1-2H3. The molecule has 0 fully saturated rings. The van der Waals surface area contributed by atoms with Crippen LogP contribution in [0.1, 0.15) is 13.8 Å². The molecule has 4 nitrogen and oxygen atoms in total. The van der Waals surface area contributed by atoms with Gasteiger partial charge in [0.25, 0.3) is 0 Å². The van der Waals surface area contributed by atoms with Crippen molar-refractivity contribution in [1.82, 2.24) is 0 Å². The third-order valence-corrected chi connectivity index (χ3v) is 1.05. The van der Waals surface area contributed by atoms with Crippen LogP contribution in [-0.4, -0.2) is 24.4 Å². The molecule has 0 saturated carbocycles. The van der Waals surface area contributed by atoms with Crippen molar-refractivity contribution in [3.63, 3.8) is 0 Å². The average Bonchev–Trinajstić information content (AvgIpc) is 1.85. The number of ether oxygens (including phenoxy) is 1. The van der Waals surface area contributed by atoms with E-state index < -0.39 is 18.1 Å². The SMILES string of the molecule is CC(=O)OC(C)C(N)C=O. The third-order valence-electron chi connectivity index (χ3n) is 1.05. The summed E-state index contributed by atoms with van der Waals surface area (Å²) in [4.78, 5) is 20.3. The summed E-state index contributed by atoms with van der Waals surface area (Å²) < 4.78 is 4.61. The highest BCUT2D eigenvalue weighted by Gasteiger charge is 2.13. The number of hydrogen-bond donors (Lipinski definition) is 1. The smallest absolute Gasteiger partial charge is 0.302 e. The Morgan fingerprint density at radius 3 is 2.50 bits per heavy atom. The van der Waals surface area contributed by atoms with Gasteiger partial charge in [-0.3, -0.25) is 4.79 Å². The van der Waals surface area contributed by atoms with Crippen molar-refractivity contribution in [2.45, 2.75) is 26.0 Å². The van der Waals surface area contributed by atoms with Gasteiger partial charge in [-0.1, -0.05) is 0 Å². The molecule has 0 aromatic heterocycles. The molecule has 0 saturated heterocycles. The number of esters is 1. The lowest BCUT2D eigenvalue weighted by Gasteiger charge is -2.13. The number of hydrogen-bond acceptors (Lipinski definition) is 4. The first-order valence-electron chi connectivity index (χ1n) is 2.96. The molecule has 0 heterocycles. The number of aldehydes is 1. The van der Waals surface area contributed by atoms with E-state index in [0.717, 1.165) is 0 Å². The maximum absolute atomic E-state index is 10.3. The van der Waals surface area contributed by atoms with Crippen LogP contribution < -0.4 is 5.73 Å². The van der Waals surface area contributed by atoms with Gasteiger partial charge in [0.05, 0.1) is 6.04 Å². The second-order valence-corrected chi connectivity index (χ2v) is 2.03. The first-order chi connectivity index (χ1) is 4.57. The van der Waals surface area contributed by atoms with Crippen molar-refractivity contribution in [2.75, 3.05) is 0 Å². The van der Waals surface area contributed by atoms with Crippen LogP contribution in [0.4, 0.5) is 0 Å². The maximum atomic E-state index is 10.3. The summed E-state index contributed by atoms with van der Waals surface area (Å²) in [5.74, 6) is -0.426. The normalized spacial score (nSPS) is 15.5. The second kappa shape index (κ2) is 4.00. The summed E-state index contributed by atoms with van der Waals surface area (Å²) in [6, 6.07) is -0.719. The molecule has 0 aromatic rings. The van der Waals surface area contributed by atoms with Gasteiger partial charge in [0, 0.05) is 6.92 Å². The van der Waals surface area contributed by atoms with Crippen molar-refractivity contribution in [1.29, 1.82) is 0 Å². The van der Waals surface area contributed by atoms with Gasteiger partial charge >= 0.3 is 5.97 Å². The van der Waals surface area contributed by atoms with E-state index in [1.165, 1.54) is 6.92 Å². The topological polar surface area (TPSA) is 69.4 Å². The molecule has 0 radical (unpaired) electrons. The van der Waals surface area contributed by atoms with Gasteiger partial charge in [0.1, 0.15) is 12.4 Å². The van der Waals surface area contributed by atoms with Gasteiger partial charge in [0.15, 0.2) is 0 Å². The Morgan fingerprint density at radius 2 is 2.20 bits per heavy atom. The Bertz CT molecular complexity index is 135. The molecule has 0 aromatic carbocycles. The van der Waals surface area contributed by atoms with E-state index in [4.69, 9.17) is 5.73 Å². The van der Waals surface area contributed by atoms with Crippen LogP contribution in [0, 0.1) is 0 Å². The predicted molar refractivity (Wildman–Crippen MR) is 35.3 cm³/mol. The molecule has 0 aliphatic rings. The molecule has 10 heavy (non-hydrogen) atoms. The summed E-state index contributed by atoms with van der Waals surface area (Å²) in [7, 11) is 0. The van der Waals surface area contributed by atoms with E-state index in [1.54, 1.807) is 6.92 Å². The molecule has 0 bridgehead atoms. The summed E-state index contributed by atoms with van der Waals surface area (Å²) in [6.45, 7) is 2.84. The highest BCUT2D eigenvalue weighted by Crippen LogP contribution is 1.93. The van der Waals surface area contributed by atoms with E-state index in [1.807, 2.05) is 0 Å². The largest absolute Gasteiger partial charge is 0.461 e. The van der Waals surface area contributed by atoms with E-state index in [0.29, 0.717) is 6.29 Å². The average molecular weight is 145 g/mol. The van der Waals surface area contributed by atoms with Gasteiger partial charge in [-0.25, -0.2) is 0 Å². The second-order valence-electron chi connectivity index (χ2n) is 2.03. The van der Waals surface area contributed by atoms with Gasteiger partial charge in [-0.15, -0.1) is 0 Å². The Labute approximate surface area is 59.3 Å². The zero-order chi connectivity index (χ0) is 8.15. The molecular formula is C6H11NO3. The van der Waals surface area contributed by atoms with Gasteiger partial charge in [-0.05, 0) is 6.92 Å². The zero-order valence-electron chi connectivity index (χ0n) is 6.03. The fourth-order valence-electron chi connectivity index (χ4n) is 0.451. The molecule has 0 amide bonds. The van der Waals surface area contributed by atoms with Crippen LogP contribution in [-0.2, 0) is 14.3 Å². The van der Waals surface area contributed by atoms with Crippen molar-refractivity contribution in [2.24, 2.45) is 5.73 Å². The van der Waals surface area contributed by atoms with E-state index in [9.17, 15) is 9.59 Å². The lowest BCUT2D eigenvalue weighted by Crippen LogP contribution is -2.36. The first kappa shape index (κ1) is 9.10. The van der Waals surface area contributed by atoms with Crippen LogP contribution in [0.25, 0.3) is 0 Å². The van der Waals surface area contributed by atoms with Crippen molar-refractivity contribution >= 4 is 12.3 Å². The van der Waals surface area contributed by atoms with Crippen molar-refractivity contribution < 1.29 is 14.3 Å². The van der Waals surface area contributed by atoms with Crippen LogP contribution in [0.2, 0.25) is 0 Å². The monoisotopic (exact) mass is 145 g/mol. The molecule has 4 heteroatoms. The molecular weight excluding hydrogens is 134 g/mol. The lowest BCUT2D eigenvalue weighted by atomic mass is 10.2. The Balaban J connectivity index is 3.71. The Morgan fingerprint density at radius 1 is 1.70 bits per heavy atom. The number of nitrogens with two attached hydrogens (primary N) is 1. The van der Waals surface area contributed by atoms with Crippen LogP contribution >= 0.6 is 0 Å². The number of carbonyl (C=O) groups is 2. The summed E-state index contributed by atoms with van der Waals surface area (Å²) in [5, 5.41) is 0. The lowest BCUT2D eigenvalue weighted by molar-refractivity contribution is -0.146. The maximum Gasteiger partial charge on any atom is 0.302 e. The molecule has 58 valence electrons. The van der Waals surface area contributed by atoms with E-state index >= 15 is 0 Å². The minimum Gasteiger partial charge on any atom is -0.461 e. The molecule has 2 atom stereocenters. The van der Waals surface area contributed by atoms with Gasteiger partial charge < -0.3 is 15.3 Å².